The fraction of sp³-hybridized carbons (Fsp3) is 0. The van der Waals surface area contributed by atoms with Gasteiger partial charge in [0.2, 0.25) is 0 Å². The molecule has 2 heterocycles. The minimum absolute atomic E-state index is 0.237. The number of nitrogens with one attached hydrogen (secondary N) is 1. The van der Waals surface area contributed by atoms with Gasteiger partial charge in [-0.1, -0.05) is 18.2 Å². The second-order valence-electron chi connectivity index (χ2n) is 4.40. The molecule has 3 rings (SSSR count). The van der Waals surface area contributed by atoms with Crippen molar-refractivity contribution in [1.29, 1.82) is 0 Å². The van der Waals surface area contributed by atoms with Crippen molar-refractivity contribution < 1.29 is 4.79 Å². The summed E-state index contributed by atoms with van der Waals surface area (Å²) in [7, 11) is 0. The highest BCUT2D eigenvalue weighted by Crippen LogP contribution is 2.21. The van der Waals surface area contributed by atoms with E-state index >= 15 is 0 Å². The molecule has 5 nitrogen and oxygen atoms in total. The summed E-state index contributed by atoms with van der Waals surface area (Å²) in [6.45, 7) is 0. The summed E-state index contributed by atoms with van der Waals surface area (Å²) >= 11 is 0. The molecule has 0 spiro atoms. The molecule has 0 aliphatic rings. The number of nitrogens with zero attached hydrogens (tertiary/aromatic N) is 3. The summed E-state index contributed by atoms with van der Waals surface area (Å²) in [6, 6.07) is 11.4. The average Bonchev–Trinajstić information content (AvgIpc) is 2.57. The number of carbonyl (C=O) groups excluding carboxylic acids is 1. The summed E-state index contributed by atoms with van der Waals surface area (Å²) in [5, 5.41) is 2.83. The van der Waals surface area contributed by atoms with E-state index < -0.39 is 0 Å². The van der Waals surface area contributed by atoms with Crippen LogP contribution in [0.1, 0.15) is 10.4 Å². The molecule has 3 aromatic rings. The lowest BCUT2D eigenvalue weighted by molar-refractivity contribution is 0.102. The molecule has 0 saturated heterocycles. The van der Waals surface area contributed by atoms with Crippen LogP contribution in [0.5, 0.6) is 0 Å². The molecule has 102 valence electrons. The molecule has 5 heteroatoms. The van der Waals surface area contributed by atoms with Crippen molar-refractivity contribution in [3.8, 4) is 11.1 Å². The van der Waals surface area contributed by atoms with E-state index in [0.29, 0.717) is 11.3 Å². The van der Waals surface area contributed by atoms with E-state index in [-0.39, 0.29) is 5.91 Å². The van der Waals surface area contributed by atoms with E-state index in [1.165, 1.54) is 18.7 Å². The molecule has 0 radical (unpaired) electrons. The van der Waals surface area contributed by atoms with Crippen molar-refractivity contribution in [2.24, 2.45) is 0 Å². The number of amides is 1. The first-order valence-corrected chi connectivity index (χ1v) is 6.40. The highest BCUT2D eigenvalue weighted by molar-refractivity contribution is 6.04. The zero-order valence-corrected chi connectivity index (χ0v) is 11.1. The van der Waals surface area contributed by atoms with Crippen LogP contribution < -0.4 is 5.32 Å². The van der Waals surface area contributed by atoms with Gasteiger partial charge in [-0.3, -0.25) is 9.78 Å². The molecule has 0 fully saturated rings. The van der Waals surface area contributed by atoms with E-state index in [1.54, 1.807) is 12.4 Å². The quantitative estimate of drug-likeness (QED) is 0.798. The van der Waals surface area contributed by atoms with Crippen LogP contribution in [-0.4, -0.2) is 20.9 Å². The Kier molecular flexibility index (Phi) is 3.64. The summed E-state index contributed by atoms with van der Waals surface area (Å²) in [6.07, 6.45) is 7.86. The van der Waals surface area contributed by atoms with Crippen LogP contribution in [0, 0.1) is 0 Å². The van der Waals surface area contributed by atoms with Crippen LogP contribution in [0.3, 0.4) is 0 Å². The number of rotatable bonds is 3. The molecule has 1 N–H and O–H groups in total. The van der Waals surface area contributed by atoms with Gasteiger partial charge in [0.1, 0.15) is 6.33 Å². The predicted octanol–water partition coefficient (Wildman–Crippen LogP) is 2.79. The molecule has 0 saturated carbocycles. The lowest BCUT2D eigenvalue weighted by atomic mass is 10.1. The fourth-order valence-corrected chi connectivity index (χ4v) is 1.93. The van der Waals surface area contributed by atoms with Gasteiger partial charge < -0.3 is 5.32 Å². The predicted molar refractivity (Wildman–Crippen MR) is 79.7 cm³/mol. The van der Waals surface area contributed by atoms with Crippen LogP contribution >= 0.6 is 0 Å². The Hall–Kier alpha value is -3.08. The van der Waals surface area contributed by atoms with Gasteiger partial charge in [0.25, 0.3) is 5.91 Å². The number of anilines is 1. The number of pyridine rings is 1. The highest BCUT2D eigenvalue weighted by Gasteiger charge is 2.07. The normalized spacial score (nSPS) is 10.1. The zero-order chi connectivity index (χ0) is 14.5. The first kappa shape index (κ1) is 12.9. The van der Waals surface area contributed by atoms with E-state index in [0.717, 1.165) is 11.1 Å². The third-order valence-corrected chi connectivity index (χ3v) is 2.94. The third-order valence-electron chi connectivity index (χ3n) is 2.94. The zero-order valence-electron chi connectivity index (χ0n) is 11.1. The molecule has 21 heavy (non-hydrogen) atoms. The standard InChI is InChI=1S/C16H12N4O/c21-16(14-9-18-11-19-10-14)20-15-5-1-3-12(7-15)13-4-2-6-17-8-13/h1-11H,(H,20,21). The van der Waals surface area contributed by atoms with Crippen LogP contribution in [-0.2, 0) is 0 Å². The first-order valence-electron chi connectivity index (χ1n) is 6.40. The molecule has 1 aromatic carbocycles. The van der Waals surface area contributed by atoms with Crippen LogP contribution in [0.2, 0.25) is 0 Å². The maximum atomic E-state index is 12.1. The second kappa shape index (κ2) is 5.92. The van der Waals surface area contributed by atoms with E-state index in [4.69, 9.17) is 0 Å². The molecular formula is C16H12N4O. The van der Waals surface area contributed by atoms with Crippen LogP contribution in [0.15, 0.2) is 67.5 Å². The average molecular weight is 276 g/mol. The molecule has 0 atom stereocenters. The van der Waals surface area contributed by atoms with Crippen molar-refractivity contribution in [3.63, 3.8) is 0 Å². The summed E-state index contributed by atoms with van der Waals surface area (Å²) < 4.78 is 0. The summed E-state index contributed by atoms with van der Waals surface area (Å²) in [4.78, 5) is 23.8. The molecule has 2 aromatic heterocycles. The Morgan fingerprint density at radius 1 is 0.905 bits per heavy atom. The SMILES string of the molecule is O=C(Nc1cccc(-c2cccnc2)c1)c1cncnc1. The monoisotopic (exact) mass is 276 g/mol. The summed E-state index contributed by atoms with van der Waals surface area (Å²) in [5.41, 5.74) is 3.12. The minimum Gasteiger partial charge on any atom is -0.322 e. The molecule has 0 aliphatic carbocycles. The second-order valence-corrected chi connectivity index (χ2v) is 4.40. The van der Waals surface area contributed by atoms with Crippen LogP contribution in [0.4, 0.5) is 5.69 Å². The lowest BCUT2D eigenvalue weighted by Gasteiger charge is -2.07. The van der Waals surface area contributed by atoms with E-state index in [2.05, 4.69) is 20.3 Å². The molecular weight excluding hydrogens is 264 g/mol. The number of hydrogen-bond donors (Lipinski definition) is 1. The van der Waals surface area contributed by atoms with Gasteiger partial charge in [-0.05, 0) is 23.8 Å². The maximum Gasteiger partial charge on any atom is 0.258 e. The van der Waals surface area contributed by atoms with Gasteiger partial charge in [-0.25, -0.2) is 9.97 Å². The van der Waals surface area contributed by atoms with Crippen molar-refractivity contribution in [2.75, 3.05) is 5.32 Å². The Morgan fingerprint density at radius 2 is 1.71 bits per heavy atom. The third kappa shape index (κ3) is 3.09. The van der Waals surface area contributed by atoms with Crippen molar-refractivity contribution >= 4 is 11.6 Å². The molecule has 0 bridgehead atoms. The van der Waals surface area contributed by atoms with Gasteiger partial charge in [-0.2, -0.15) is 0 Å². The maximum absolute atomic E-state index is 12.1. The van der Waals surface area contributed by atoms with Gasteiger partial charge >= 0.3 is 0 Å². The number of aromatic nitrogens is 3. The number of benzene rings is 1. The van der Waals surface area contributed by atoms with Crippen molar-refractivity contribution in [3.05, 3.63) is 73.1 Å². The van der Waals surface area contributed by atoms with Crippen LogP contribution in [0.25, 0.3) is 11.1 Å². The molecule has 1 amide bonds. The van der Waals surface area contributed by atoms with Crippen molar-refractivity contribution in [2.45, 2.75) is 0 Å². The molecule has 0 unspecified atom stereocenters. The summed E-state index contributed by atoms with van der Waals surface area (Å²) in [5.74, 6) is -0.237. The largest absolute Gasteiger partial charge is 0.322 e. The van der Waals surface area contributed by atoms with Gasteiger partial charge in [0, 0.05) is 36.0 Å². The topological polar surface area (TPSA) is 67.8 Å². The Labute approximate surface area is 121 Å². The molecule has 0 aliphatic heterocycles. The van der Waals surface area contributed by atoms with Crippen molar-refractivity contribution in [1.82, 2.24) is 15.0 Å². The minimum atomic E-state index is -0.237. The Bertz CT molecular complexity index is 744. The Morgan fingerprint density at radius 3 is 2.48 bits per heavy atom. The first-order chi connectivity index (χ1) is 10.3. The van der Waals surface area contributed by atoms with Gasteiger partial charge in [0.15, 0.2) is 0 Å². The fourth-order valence-electron chi connectivity index (χ4n) is 1.93. The van der Waals surface area contributed by atoms with Gasteiger partial charge in [-0.15, -0.1) is 0 Å². The number of carbonyl (C=O) groups is 1. The van der Waals surface area contributed by atoms with E-state index in [1.807, 2.05) is 36.4 Å². The Balaban J connectivity index is 1.83. The lowest BCUT2D eigenvalue weighted by Crippen LogP contribution is -2.12. The number of hydrogen-bond acceptors (Lipinski definition) is 4. The highest BCUT2D eigenvalue weighted by atomic mass is 16.1. The van der Waals surface area contributed by atoms with Gasteiger partial charge in [0.05, 0.1) is 5.56 Å². The smallest absolute Gasteiger partial charge is 0.258 e. The van der Waals surface area contributed by atoms with E-state index in [9.17, 15) is 4.79 Å².